The first-order valence-electron chi connectivity index (χ1n) is 5.01. The molecule has 3 nitrogen and oxygen atoms in total. The Labute approximate surface area is 99.4 Å². The van der Waals surface area contributed by atoms with Crippen LogP contribution in [0.25, 0.3) is 0 Å². The minimum absolute atomic E-state index is 0.201. The molecule has 0 aliphatic carbocycles. The Bertz CT molecular complexity index is 399. The Balaban J connectivity index is 2.95. The van der Waals surface area contributed by atoms with Crippen molar-refractivity contribution in [2.45, 2.75) is 19.2 Å². The second-order valence-electron chi connectivity index (χ2n) is 3.28. The van der Waals surface area contributed by atoms with Gasteiger partial charge in [0.15, 0.2) is 5.78 Å². The van der Waals surface area contributed by atoms with Crippen molar-refractivity contribution in [3.8, 4) is 0 Å². The molecular formula is C12H13ClO3. The molecule has 1 aromatic carbocycles. The lowest BCUT2D eigenvalue weighted by molar-refractivity contribution is 0.0526. The lowest BCUT2D eigenvalue weighted by Gasteiger charge is -2.05. The molecule has 4 heteroatoms. The molecule has 0 aromatic heterocycles. The molecule has 0 bridgehead atoms. The number of Topliss-reactive ketones (excluding diaryl/α,β-unsaturated/α-hetero) is 1. The monoisotopic (exact) mass is 240 g/mol. The highest BCUT2D eigenvalue weighted by molar-refractivity contribution is 6.33. The van der Waals surface area contributed by atoms with Crippen molar-refractivity contribution >= 4 is 23.4 Å². The van der Waals surface area contributed by atoms with E-state index in [4.69, 9.17) is 16.3 Å². The maximum absolute atomic E-state index is 11.6. The number of carbonyl (C=O) groups excluding carboxylic acids is 2. The van der Waals surface area contributed by atoms with Crippen LogP contribution in [-0.4, -0.2) is 23.7 Å². The van der Waals surface area contributed by atoms with Gasteiger partial charge in [-0.15, -0.1) is 11.6 Å². The van der Waals surface area contributed by atoms with Crippen LogP contribution in [0.3, 0.4) is 0 Å². The van der Waals surface area contributed by atoms with E-state index in [0.29, 0.717) is 17.7 Å². The molecule has 1 unspecified atom stereocenters. The molecule has 1 rings (SSSR count). The summed E-state index contributed by atoms with van der Waals surface area (Å²) in [7, 11) is 0. The van der Waals surface area contributed by atoms with Gasteiger partial charge in [-0.3, -0.25) is 4.79 Å². The Morgan fingerprint density at radius 2 is 2.00 bits per heavy atom. The summed E-state index contributed by atoms with van der Waals surface area (Å²) in [6.45, 7) is 3.64. The summed E-state index contributed by atoms with van der Waals surface area (Å²) in [6, 6.07) is 6.37. The number of ketones is 1. The topological polar surface area (TPSA) is 43.4 Å². The number of alkyl halides is 1. The van der Waals surface area contributed by atoms with Crippen molar-refractivity contribution in [2.24, 2.45) is 0 Å². The van der Waals surface area contributed by atoms with Crippen LogP contribution in [0, 0.1) is 0 Å². The number of hydrogen-bond acceptors (Lipinski definition) is 3. The Morgan fingerprint density at radius 3 is 2.56 bits per heavy atom. The van der Waals surface area contributed by atoms with Gasteiger partial charge in [0.2, 0.25) is 0 Å². The molecule has 0 saturated carbocycles. The predicted molar refractivity (Wildman–Crippen MR) is 62.0 cm³/mol. The molecule has 0 aliphatic heterocycles. The van der Waals surface area contributed by atoms with E-state index in [9.17, 15) is 9.59 Å². The third-order valence-corrected chi connectivity index (χ3v) is 2.22. The van der Waals surface area contributed by atoms with Crippen molar-refractivity contribution in [1.82, 2.24) is 0 Å². The van der Waals surface area contributed by atoms with Crippen molar-refractivity contribution in [3.05, 3.63) is 35.4 Å². The van der Waals surface area contributed by atoms with Gasteiger partial charge >= 0.3 is 5.97 Å². The zero-order chi connectivity index (χ0) is 12.1. The van der Waals surface area contributed by atoms with Crippen LogP contribution in [0.2, 0.25) is 0 Å². The molecule has 0 N–H and O–H groups in total. The second-order valence-corrected chi connectivity index (χ2v) is 3.94. The van der Waals surface area contributed by atoms with Gasteiger partial charge in [0.25, 0.3) is 0 Å². The molecule has 0 saturated heterocycles. The van der Waals surface area contributed by atoms with Crippen LogP contribution >= 0.6 is 11.6 Å². The summed E-state index contributed by atoms with van der Waals surface area (Å²) in [5.41, 5.74) is 0.790. The molecule has 16 heavy (non-hydrogen) atoms. The number of ether oxygens (including phenoxy) is 1. The van der Waals surface area contributed by atoms with Crippen LogP contribution in [0.5, 0.6) is 0 Å². The summed E-state index contributed by atoms with van der Waals surface area (Å²) in [4.78, 5) is 23.0. The van der Waals surface area contributed by atoms with Crippen molar-refractivity contribution < 1.29 is 14.3 Å². The normalized spacial score (nSPS) is 11.9. The molecule has 0 heterocycles. The zero-order valence-corrected chi connectivity index (χ0v) is 9.95. The molecule has 86 valence electrons. The smallest absolute Gasteiger partial charge is 0.338 e. The van der Waals surface area contributed by atoms with E-state index in [0.717, 1.165) is 0 Å². The van der Waals surface area contributed by atoms with Crippen LogP contribution in [0.15, 0.2) is 24.3 Å². The van der Waals surface area contributed by atoms with Crippen LogP contribution in [-0.2, 0) is 4.74 Å². The first-order chi connectivity index (χ1) is 7.56. The number of carbonyl (C=O) groups is 2. The lowest BCUT2D eigenvalue weighted by Crippen LogP contribution is -2.12. The molecular weight excluding hydrogens is 228 g/mol. The third kappa shape index (κ3) is 3.07. The Hall–Kier alpha value is -1.35. The van der Waals surface area contributed by atoms with E-state index in [1.807, 2.05) is 0 Å². The highest BCUT2D eigenvalue weighted by atomic mass is 35.5. The van der Waals surface area contributed by atoms with Gasteiger partial charge in [-0.05, 0) is 26.0 Å². The lowest BCUT2D eigenvalue weighted by atomic mass is 10.1. The highest BCUT2D eigenvalue weighted by Crippen LogP contribution is 2.11. The fourth-order valence-electron chi connectivity index (χ4n) is 1.24. The largest absolute Gasteiger partial charge is 0.462 e. The molecule has 0 fully saturated rings. The molecule has 0 radical (unpaired) electrons. The number of hydrogen-bond donors (Lipinski definition) is 0. The molecule has 1 atom stereocenters. The fourth-order valence-corrected chi connectivity index (χ4v) is 1.37. The van der Waals surface area contributed by atoms with Gasteiger partial charge in [-0.2, -0.15) is 0 Å². The van der Waals surface area contributed by atoms with Gasteiger partial charge < -0.3 is 4.74 Å². The quantitative estimate of drug-likeness (QED) is 0.462. The van der Waals surface area contributed by atoms with Gasteiger partial charge in [0.1, 0.15) is 0 Å². The van der Waals surface area contributed by atoms with Gasteiger partial charge in [-0.1, -0.05) is 12.1 Å². The SMILES string of the molecule is CCOC(=O)c1cccc(C(=O)C(C)Cl)c1. The van der Waals surface area contributed by atoms with Crippen LogP contribution in [0.1, 0.15) is 34.6 Å². The van der Waals surface area contributed by atoms with E-state index in [1.165, 1.54) is 6.07 Å². The Kier molecular flexibility index (Phi) is 4.50. The van der Waals surface area contributed by atoms with Crippen LogP contribution in [0.4, 0.5) is 0 Å². The van der Waals surface area contributed by atoms with E-state index >= 15 is 0 Å². The standard InChI is InChI=1S/C12H13ClO3/c1-3-16-12(15)10-6-4-5-9(7-10)11(14)8(2)13/h4-8H,3H2,1-2H3. The Morgan fingerprint density at radius 1 is 1.38 bits per heavy atom. The second kappa shape index (κ2) is 5.66. The summed E-state index contributed by atoms with van der Waals surface area (Å²) in [6.07, 6.45) is 0. The minimum atomic E-state index is -0.600. The molecule has 0 amide bonds. The summed E-state index contributed by atoms with van der Waals surface area (Å²) >= 11 is 5.69. The summed E-state index contributed by atoms with van der Waals surface area (Å²) in [5.74, 6) is -0.632. The summed E-state index contributed by atoms with van der Waals surface area (Å²) in [5, 5.41) is -0.600. The number of halogens is 1. The van der Waals surface area contributed by atoms with Gasteiger partial charge in [0, 0.05) is 5.56 Å². The summed E-state index contributed by atoms with van der Waals surface area (Å²) < 4.78 is 4.84. The van der Waals surface area contributed by atoms with Crippen molar-refractivity contribution in [3.63, 3.8) is 0 Å². The van der Waals surface area contributed by atoms with Gasteiger partial charge in [0.05, 0.1) is 17.5 Å². The van der Waals surface area contributed by atoms with E-state index < -0.39 is 11.3 Å². The maximum Gasteiger partial charge on any atom is 0.338 e. The first kappa shape index (κ1) is 12.7. The zero-order valence-electron chi connectivity index (χ0n) is 9.20. The number of benzene rings is 1. The average Bonchev–Trinajstić information content (AvgIpc) is 2.28. The predicted octanol–water partition coefficient (Wildman–Crippen LogP) is 2.67. The maximum atomic E-state index is 11.6. The average molecular weight is 241 g/mol. The third-order valence-electron chi connectivity index (χ3n) is 2.02. The number of esters is 1. The minimum Gasteiger partial charge on any atom is -0.462 e. The first-order valence-corrected chi connectivity index (χ1v) is 5.45. The highest BCUT2D eigenvalue weighted by Gasteiger charge is 2.14. The fraction of sp³-hybridized carbons (Fsp3) is 0.333. The number of rotatable bonds is 4. The molecule has 0 aliphatic rings. The van der Waals surface area contributed by atoms with E-state index in [2.05, 4.69) is 0 Å². The van der Waals surface area contributed by atoms with Crippen molar-refractivity contribution in [2.75, 3.05) is 6.61 Å². The molecule has 1 aromatic rings. The van der Waals surface area contributed by atoms with Crippen molar-refractivity contribution in [1.29, 1.82) is 0 Å². The van der Waals surface area contributed by atoms with E-state index in [1.54, 1.807) is 32.0 Å². The van der Waals surface area contributed by atoms with Gasteiger partial charge in [-0.25, -0.2) is 4.79 Å². The van der Waals surface area contributed by atoms with E-state index in [-0.39, 0.29) is 5.78 Å². The molecule has 0 spiro atoms. The van der Waals surface area contributed by atoms with Crippen LogP contribution < -0.4 is 0 Å².